The summed E-state index contributed by atoms with van der Waals surface area (Å²) in [5.74, 6) is -7.00. The number of halogens is 2. The highest BCUT2D eigenvalue weighted by atomic mass is 19.3. The van der Waals surface area contributed by atoms with Crippen LogP contribution in [0, 0.1) is 10.8 Å². The zero-order valence-corrected chi connectivity index (χ0v) is 7.32. The Hall–Kier alpha value is -1.27. The minimum Gasteiger partial charge on any atom is -0.477 e. The summed E-state index contributed by atoms with van der Waals surface area (Å²) < 4.78 is 25.9. The predicted octanol–water partition coefficient (Wildman–Crippen LogP) is 1.10. The Morgan fingerprint density at radius 1 is 1.43 bits per heavy atom. The second-order valence-corrected chi connectivity index (χ2v) is 3.24. The van der Waals surface area contributed by atoms with Gasteiger partial charge in [0.25, 0.3) is 0 Å². The summed E-state index contributed by atoms with van der Waals surface area (Å²) in [6.07, 6.45) is -0.0456. The van der Waals surface area contributed by atoms with Gasteiger partial charge in [-0.3, -0.25) is 5.01 Å². The molecule has 1 rings (SSSR count). The van der Waals surface area contributed by atoms with Crippen molar-refractivity contribution in [1.29, 1.82) is 0 Å². The van der Waals surface area contributed by atoms with E-state index in [0.29, 0.717) is 0 Å². The van der Waals surface area contributed by atoms with Gasteiger partial charge in [0.2, 0.25) is 0 Å². The van der Waals surface area contributed by atoms with E-state index in [9.17, 15) is 18.5 Å². The number of hydrogen-bond acceptors (Lipinski definition) is 3. The van der Waals surface area contributed by atoms with Crippen LogP contribution in [0.2, 0.25) is 0 Å². The maximum absolute atomic E-state index is 12.9. The van der Waals surface area contributed by atoms with Gasteiger partial charge in [-0.1, -0.05) is 0 Å². The van der Waals surface area contributed by atoms with E-state index in [1.54, 1.807) is 0 Å². The molecule has 0 unspecified atom stereocenters. The molecule has 7 heteroatoms. The normalized spacial score (nSPS) is 19.4. The van der Waals surface area contributed by atoms with Crippen LogP contribution >= 0.6 is 0 Å². The molecule has 1 saturated heterocycles. The fourth-order valence-corrected chi connectivity index (χ4v) is 1.48. The highest BCUT2D eigenvalue weighted by Crippen LogP contribution is 2.33. The van der Waals surface area contributed by atoms with E-state index in [1.807, 2.05) is 0 Å². The fraction of sp³-hybridized carbons (Fsp3) is 0.857. The third kappa shape index (κ3) is 1.97. The van der Waals surface area contributed by atoms with Gasteiger partial charge in [-0.25, -0.2) is 4.79 Å². The molecule has 1 fully saturated rings. The van der Waals surface area contributed by atoms with E-state index in [-0.39, 0.29) is 25.9 Å². The van der Waals surface area contributed by atoms with Crippen molar-refractivity contribution in [3.8, 4) is 0 Å². The van der Waals surface area contributed by atoms with Crippen LogP contribution in [0.25, 0.3) is 0 Å². The summed E-state index contributed by atoms with van der Waals surface area (Å²) in [6.45, 7) is 0.189. The van der Waals surface area contributed by atoms with Gasteiger partial charge in [-0.05, 0) is 12.8 Å². The molecule has 0 saturated carbocycles. The number of nitrogens with zero attached hydrogens (tertiary/aromatic N) is 2. The lowest BCUT2D eigenvalue weighted by atomic mass is 9.91. The number of hydrogen-bond donors (Lipinski definition) is 1. The number of piperidine rings is 1. The van der Waals surface area contributed by atoms with E-state index in [0.717, 1.165) is 5.01 Å². The van der Waals surface area contributed by atoms with E-state index >= 15 is 0 Å². The van der Waals surface area contributed by atoms with Crippen molar-refractivity contribution in [1.82, 2.24) is 5.01 Å². The monoisotopic (exact) mass is 208 g/mol. The molecule has 1 N–H and O–H groups in total. The van der Waals surface area contributed by atoms with Crippen LogP contribution in [-0.2, 0) is 4.79 Å². The molecule has 0 spiro atoms. The summed E-state index contributed by atoms with van der Waals surface area (Å²) >= 11 is 0. The maximum Gasteiger partial charge on any atom is 0.374 e. The van der Waals surface area contributed by atoms with Gasteiger partial charge in [0.05, 0.1) is 5.29 Å². The lowest BCUT2D eigenvalue weighted by Crippen LogP contribution is -2.43. The van der Waals surface area contributed by atoms with Crippen molar-refractivity contribution in [3.63, 3.8) is 0 Å². The van der Waals surface area contributed by atoms with Crippen molar-refractivity contribution < 1.29 is 18.7 Å². The standard InChI is InChI=1S/C7H10F2N2O3/c8-7(9,6(12)13)5-1-3-11(10-14)4-2-5/h5H,1-4H2,(H,12,13). The van der Waals surface area contributed by atoms with E-state index in [1.165, 1.54) is 0 Å². The molecule has 0 amide bonds. The molecule has 1 heterocycles. The van der Waals surface area contributed by atoms with E-state index in [2.05, 4.69) is 5.29 Å². The van der Waals surface area contributed by atoms with Crippen LogP contribution in [0.15, 0.2) is 5.29 Å². The number of carbonyl (C=O) groups is 1. The first-order chi connectivity index (χ1) is 6.48. The second-order valence-electron chi connectivity index (χ2n) is 3.24. The quantitative estimate of drug-likeness (QED) is 0.705. The highest BCUT2D eigenvalue weighted by Gasteiger charge is 2.48. The number of carboxylic acids is 1. The van der Waals surface area contributed by atoms with Crippen LogP contribution < -0.4 is 0 Å². The molecule has 0 radical (unpaired) electrons. The number of aliphatic carboxylic acids is 1. The van der Waals surface area contributed by atoms with Crippen molar-refractivity contribution in [2.45, 2.75) is 18.8 Å². The maximum atomic E-state index is 12.9. The zero-order chi connectivity index (χ0) is 10.8. The SMILES string of the molecule is O=NN1CCC(C(F)(F)C(=O)O)CC1. The molecule has 1 aliphatic rings. The largest absolute Gasteiger partial charge is 0.477 e. The van der Waals surface area contributed by atoms with Gasteiger partial charge < -0.3 is 5.11 Å². The Balaban J connectivity index is 2.57. The molecule has 5 nitrogen and oxygen atoms in total. The predicted molar refractivity (Wildman–Crippen MR) is 42.7 cm³/mol. The Labute approximate surface area is 78.6 Å². The molecule has 0 aromatic carbocycles. The Morgan fingerprint density at radius 3 is 2.29 bits per heavy atom. The average molecular weight is 208 g/mol. The van der Waals surface area contributed by atoms with Gasteiger partial charge in [-0.15, -0.1) is 4.91 Å². The van der Waals surface area contributed by atoms with Crippen molar-refractivity contribution >= 4 is 5.97 Å². The summed E-state index contributed by atoms with van der Waals surface area (Å²) in [4.78, 5) is 20.2. The van der Waals surface area contributed by atoms with Gasteiger partial charge >= 0.3 is 11.9 Å². The lowest BCUT2D eigenvalue weighted by Gasteiger charge is -2.30. The third-order valence-corrected chi connectivity index (χ3v) is 2.38. The van der Waals surface area contributed by atoms with E-state index < -0.39 is 17.8 Å². The van der Waals surface area contributed by atoms with Crippen LogP contribution in [0.3, 0.4) is 0 Å². The summed E-state index contributed by atoms with van der Waals surface area (Å²) in [6, 6.07) is 0. The molecule has 0 atom stereocenters. The van der Waals surface area contributed by atoms with Gasteiger partial charge in [0.15, 0.2) is 0 Å². The Kier molecular flexibility index (Phi) is 2.97. The van der Waals surface area contributed by atoms with E-state index in [4.69, 9.17) is 5.11 Å². The molecule has 80 valence electrons. The van der Waals surface area contributed by atoms with Crippen LogP contribution in [-0.4, -0.2) is 35.1 Å². The van der Waals surface area contributed by atoms with Crippen LogP contribution in [0.5, 0.6) is 0 Å². The number of nitroso groups, excluding NO2 is 1. The first-order valence-electron chi connectivity index (χ1n) is 4.18. The zero-order valence-electron chi connectivity index (χ0n) is 7.32. The molecule has 14 heavy (non-hydrogen) atoms. The second kappa shape index (κ2) is 3.85. The smallest absolute Gasteiger partial charge is 0.374 e. The molecule has 0 aromatic heterocycles. The van der Waals surface area contributed by atoms with Gasteiger partial charge in [-0.2, -0.15) is 8.78 Å². The van der Waals surface area contributed by atoms with Crippen LogP contribution in [0.4, 0.5) is 8.78 Å². The number of carboxylic acid groups (broad SMARTS) is 1. The fourth-order valence-electron chi connectivity index (χ4n) is 1.48. The van der Waals surface area contributed by atoms with Crippen LogP contribution in [0.1, 0.15) is 12.8 Å². The minimum atomic E-state index is -3.70. The molecule has 0 aromatic rings. The van der Waals surface area contributed by atoms with Crippen molar-refractivity contribution in [3.05, 3.63) is 4.91 Å². The number of rotatable bonds is 3. The average Bonchev–Trinajstić information content (AvgIpc) is 2.17. The molecular formula is C7H10F2N2O3. The summed E-state index contributed by atoms with van der Waals surface area (Å²) in [7, 11) is 0. The first kappa shape index (κ1) is 10.8. The summed E-state index contributed by atoms with van der Waals surface area (Å²) in [5, 5.41) is 12.0. The Morgan fingerprint density at radius 2 is 1.93 bits per heavy atom. The number of alkyl halides is 2. The summed E-state index contributed by atoms with van der Waals surface area (Å²) in [5.41, 5.74) is 0. The molecule has 1 aliphatic heterocycles. The first-order valence-corrected chi connectivity index (χ1v) is 4.18. The Bertz CT molecular complexity index is 239. The van der Waals surface area contributed by atoms with Gasteiger partial charge in [0, 0.05) is 19.0 Å². The van der Waals surface area contributed by atoms with Crippen molar-refractivity contribution in [2.24, 2.45) is 11.2 Å². The third-order valence-electron chi connectivity index (χ3n) is 2.38. The molecule has 0 bridgehead atoms. The molecule has 0 aliphatic carbocycles. The van der Waals surface area contributed by atoms with Gasteiger partial charge in [0.1, 0.15) is 0 Å². The minimum absolute atomic E-state index is 0.0228. The topological polar surface area (TPSA) is 70.0 Å². The molecular weight excluding hydrogens is 198 g/mol. The van der Waals surface area contributed by atoms with Crippen molar-refractivity contribution in [2.75, 3.05) is 13.1 Å². The lowest BCUT2D eigenvalue weighted by molar-refractivity contribution is -0.176. The highest BCUT2D eigenvalue weighted by molar-refractivity contribution is 5.75.